The Kier molecular flexibility index (Phi) is 5.52. The molecule has 0 spiro atoms. The van der Waals surface area contributed by atoms with Crippen LogP contribution in [0.25, 0.3) is 22.7 Å². The Balaban J connectivity index is 1.36. The molecule has 0 saturated heterocycles. The Labute approximate surface area is 196 Å². The summed E-state index contributed by atoms with van der Waals surface area (Å²) in [5.74, 6) is 1.23. The lowest BCUT2D eigenvalue weighted by atomic mass is 9.64. The SMILES string of the molecule is CCN(C)C(=O)Cn1cc(-c2nc(C3(c4ccc(-c5cnc(N)nc5)nc4)CCC3)no2)cn1. The molecule has 1 saturated carbocycles. The van der Waals surface area contributed by atoms with Crippen molar-refractivity contribution in [1.29, 1.82) is 0 Å². The van der Waals surface area contributed by atoms with E-state index in [-0.39, 0.29) is 23.8 Å². The summed E-state index contributed by atoms with van der Waals surface area (Å²) < 4.78 is 7.17. The summed E-state index contributed by atoms with van der Waals surface area (Å²) in [6, 6.07) is 3.99. The maximum Gasteiger partial charge on any atom is 0.261 e. The van der Waals surface area contributed by atoms with Crippen LogP contribution in [-0.2, 0) is 16.8 Å². The van der Waals surface area contributed by atoms with Crippen LogP contribution < -0.4 is 5.73 Å². The van der Waals surface area contributed by atoms with Crippen molar-refractivity contribution in [2.24, 2.45) is 0 Å². The number of hydrogen-bond donors (Lipinski definition) is 1. The fourth-order valence-electron chi connectivity index (χ4n) is 4.02. The number of aromatic nitrogens is 7. The Morgan fingerprint density at radius 2 is 1.94 bits per heavy atom. The quantitative estimate of drug-likeness (QED) is 0.440. The molecular weight excluding hydrogens is 434 g/mol. The number of rotatable bonds is 7. The summed E-state index contributed by atoms with van der Waals surface area (Å²) in [7, 11) is 1.76. The number of anilines is 1. The molecule has 0 bridgehead atoms. The fraction of sp³-hybridized carbons (Fsp3) is 0.348. The second kappa shape index (κ2) is 8.65. The topological polar surface area (TPSA) is 142 Å². The van der Waals surface area contributed by atoms with Crippen LogP contribution in [0.4, 0.5) is 5.95 Å². The predicted octanol–water partition coefficient (Wildman–Crippen LogP) is 2.32. The van der Waals surface area contributed by atoms with Gasteiger partial charge in [0.15, 0.2) is 5.82 Å². The van der Waals surface area contributed by atoms with Crippen molar-refractivity contribution in [3.8, 4) is 22.7 Å². The molecule has 4 heterocycles. The first-order valence-electron chi connectivity index (χ1n) is 11.1. The van der Waals surface area contributed by atoms with E-state index >= 15 is 0 Å². The van der Waals surface area contributed by atoms with Gasteiger partial charge in [-0.1, -0.05) is 17.6 Å². The smallest absolute Gasteiger partial charge is 0.261 e. The standard InChI is InChI=1S/C23H25N9O2/c1-3-31(2)19(33)14-32-13-16(11-28-32)20-29-21(30-34-20)23(7-4-8-23)17-5-6-18(25-12-17)15-9-26-22(24)27-10-15/h5-6,9-13H,3-4,7-8,14H2,1-2H3,(H2,24,26,27). The van der Waals surface area contributed by atoms with E-state index in [1.165, 1.54) is 0 Å². The first kappa shape index (κ1) is 21.7. The predicted molar refractivity (Wildman–Crippen MR) is 123 cm³/mol. The minimum atomic E-state index is -0.333. The van der Waals surface area contributed by atoms with E-state index < -0.39 is 0 Å². The van der Waals surface area contributed by atoms with Gasteiger partial charge in [-0.3, -0.25) is 14.5 Å². The highest BCUT2D eigenvalue weighted by atomic mass is 16.5. The number of likely N-dealkylation sites (N-methyl/N-ethyl adjacent to an activating group) is 1. The highest BCUT2D eigenvalue weighted by Gasteiger charge is 2.45. The van der Waals surface area contributed by atoms with Gasteiger partial charge in [0.2, 0.25) is 11.9 Å². The van der Waals surface area contributed by atoms with E-state index in [2.05, 4.69) is 25.2 Å². The molecular formula is C23H25N9O2. The molecule has 11 heteroatoms. The number of amides is 1. The summed E-state index contributed by atoms with van der Waals surface area (Å²) in [6.45, 7) is 2.73. The van der Waals surface area contributed by atoms with Crippen LogP contribution in [0.1, 0.15) is 37.6 Å². The molecule has 0 aromatic carbocycles. The third kappa shape index (κ3) is 3.89. The largest absolute Gasteiger partial charge is 0.368 e. The number of nitrogen functional groups attached to an aromatic ring is 1. The van der Waals surface area contributed by atoms with Crippen LogP contribution in [-0.4, -0.2) is 59.3 Å². The summed E-state index contributed by atoms with van der Waals surface area (Å²) in [6.07, 6.45) is 11.4. The maximum absolute atomic E-state index is 12.2. The van der Waals surface area contributed by atoms with Crippen LogP contribution in [0.3, 0.4) is 0 Å². The number of hydrogen-bond acceptors (Lipinski definition) is 9. The second-order valence-corrected chi connectivity index (χ2v) is 8.46. The highest BCUT2D eigenvalue weighted by molar-refractivity contribution is 5.75. The minimum absolute atomic E-state index is 0.0155. The molecule has 4 aromatic heterocycles. The van der Waals surface area contributed by atoms with Crippen LogP contribution in [0, 0.1) is 0 Å². The molecule has 4 aromatic rings. The van der Waals surface area contributed by atoms with Gasteiger partial charge < -0.3 is 15.2 Å². The molecule has 0 radical (unpaired) electrons. The summed E-state index contributed by atoms with van der Waals surface area (Å²) in [4.78, 5) is 31.2. The van der Waals surface area contributed by atoms with Gasteiger partial charge >= 0.3 is 0 Å². The average molecular weight is 460 g/mol. The van der Waals surface area contributed by atoms with Crippen LogP contribution in [0.2, 0.25) is 0 Å². The van der Waals surface area contributed by atoms with Crippen molar-refractivity contribution in [1.82, 2.24) is 39.8 Å². The zero-order valence-corrected chi connectivity index (χ0v) is 19.0. The number of carbonyl (C=O) groups is 1. The summed E-state index contributed by atoms with van der Waals surface area (Å²) in [5, 5.41) is 8.58. The van der Waals surface area contributed by atoms with E-state index in [0.717, 1.165) is 36.1 Å². The van der Waals surface area contributed by atoms with Crippen molar-refractivity contribution in [3.63, 3.8) is 0 Å². The molecule has 174 valence electrons. The Morgan fingerprint density at radius 3 is 2.59 bits per heavy atom. The van der Waals surface area contributed by atoms with Gasteiger partial charge in [-0.15, -0.1) is 0 Å². The number of pyridine rings is 1. The van der Waals surface area contributed by atoms with E-state index in [9.17, 15) is 4.79 Å². The number of nitrogens with two attached hydrogens (primary N) is 1. The third-order valence-corrected chi connectivity index (χ3v) is 6.42. The zero-order chi connectivity index (χ0) is 23.7. The molecule has 0 unspecified atom stereocenters. The van der Waals surface area contributed by atoms with Gasteiger partial charge in [0.25, 0.3) is 5.89 Å². The number of nitrogens with zero attached hydrogens (tertiary/aromatic N) is 8. The van der Waals surface area contributed by atoms with Crippen LogP contribution in [0.5, 0.6) is 0 Å². The minimum Gasteiger partial charge on any atom is -0.368 e. The molecule has 5 rings (SSSR count). The molecule has 1 amide bonds. The lowest BCUT2D eigenvalue weighted by molar-refractivity contribution is -0.130. The Hall–Kier alpha value is -4.15. The van der Waals surface area contributed by atoms with Gasteiger partial charge in [0.1, 0.15) is 6.54 Å². The lowest BCUT2D eigenvalue weighted by Gasteiger charge is -2.39. The van der Waals surface area contributed by atoms with Crippen molar-refractivity contribution in [3.05, 3.63) is 54.5 Å². The first-order valence-corrected chi connectivity index (χ1v) is 11.1. The van der Waals surface area contributed by atoms with E-state index in [4.69, 9.17) is 15.2 Å². The molecule has 11 nitrogen and oxygen atoms in total. The molecule has 34 heavy (non-hydrogen) atoms. The van der Waals surface area contributed by atoms with Crippen molar-refractivity contribution >= 4 is 11.9 Å². The molecule has 0 atom stereocenters. The summed E-state index contributed by atoms with van der Waals surface area (Å²) >= 11 is 0. The van der Waals surface area contributed by atoms with Crippen molar-refractivity contribution < 1.29 is 9.32 Å². The van der Waals surface area contributed by atoms with Crippen LogP contribution >= 0.6 is 0 Å². The Bertz CT molecular complexity index is 1290. The molecule has 1 aliphatic carbocycles. The highest BCUT2D eigenvalue weighted by Crippen LogP contribution is 2.48. The maximum atomic E-state index is 12.2. The van der Waals surface area contributed by atoms with E-state index in [1.54, 1.807) is 41.4 Å². The van der Waals surface area contributed by atoms with E-state index in [0.29, 0.717) is 23.8 Å². The third-order valence-electron chi connectivity index (χ3n) is 6.42. The number of carbonyl (C=O) groups excluding carboxylic acids is 1. The van der Waals surface area contributed by atoms with Gasteiger partial charge in [-0.05, 0) is 31.4 Å². The Morgan fingerprint density at radius 1 is 1.15 bits per heavy atom. The van der Waals surface area contributed by atoms with Gasteiger partial charge in [-0.2, -0.15) is 10.1 Å². The fourth-order valence-corrected chi connectivity index (χ4v) is 4.02. The first-order chi connectivity index (χ1) is 16.5. The van der Waals surface area contributed by atoms with Gasteiger partial charge in [0, 0.05) is 43.9 Å². The summed E-state index contributed by atoms with van der Waals surface area (Å²) in [5.41, 5.74) is 8.52. The van der Waals surface area contributed by atoms with E-state index in [1.807, 2.05) is 25.3 Å². The van der Waals surface area contributed by atoms with Crippen molar-refractivity contribution in [2.75, 3.05) is 19.3 Å². The molecule has 0 aliphatic heterocycles. The van der Waals surface area contributed by atoms with Gasteiger partial charge in [-0.25, -0.2) is 9.97 Å². The second-order valence-electron chi connectivity index (χ2n) is 8.46. The molecule has 2 N–H and O–H groups in total. The zero-order valence-electron chi connectivity index (χ0n) is 19.0. The monoisotopic (exact) mass is 459 g/mol. The van der Waals surface area contributed by atoms with Crippen molar-refractivity contribution in [2.45, 2.75) is 38.1 Å². The molecule has 1 aliphatic rings. The van der Waals surface area contributed by atoms with Gasteiger partial charge in [0.05, 0.1) is 22.9 Å². The normalized spacial score (nSPS) is 14.5. The average Bonchev–Trinajstić information content (AvgIpc) is 3.49. The molecule has 1 fully saturated rings. The lowest BCUT2D eigenvalue weighted by Crippen LogP contribution is -2.36. The van der Waals surface area contributed by atoms with Crippen LogP contribution in [0.15, 0.2) is 47.6 Å².